The number of nitrogens with one attached hydrogen (secondary N) is 3. The van der Waals surface area contributed by atoms with Gasteiger partial charge in [-0.1, -0.05) is 12.1 Å². The van der Waals surface area contributed by atoms with Crippen LogP contribution >= 0.6 is 24.0 Å². The van der Waals surface area contributed by atoms with Gasteiger partial charge < -0.3 is 14.8 Å². The Balaban J connectivity index is 1.71. The molecular formula is C14H19N3O3S2. The average Bonchev–Trinajstić information content (AvgIpc) is 2.56. The first-order valence-corrected chi connectivity index (χ1v) is 8.72. The number of hydrazine groups is 1. The van der Waals surface area contributed by atoms with Crippen molar-refractivity contribution in [3.8, 4) is 11.5 Å². The maximum absolute atomic E-state index is 12.0. The highest BCUT2D eigenvalue weighted by Gasteiger charge is 2.27. The lowest BCUT2D eigenvalue weighted by Crippen LogP contribution is -2.53. The normalized spacial score (nSPS) is 15.8. The highest BCUT2D eigenvalue weighted by Crippen LogP contribution is 2.30. The second-order valence-corrected chi connectivity index (χ2v) is 5.97. The van der Waals surface area contributed by atoms with E-state index in [0.29, 0.717) is 16.6 Å². The Morgan fingerprint density at radius 1 is 1.36 bits per heavy atom. The number of amides is 1. The van der Waals surface area contributed by atoms with Crippen LogP contribution in [0.2, 0.25) is 0 Å². The minimum Gasteiger partial charge on any atom is -0.485 e. The van der Waals surface area contributed by atoms with Crippen molar-refractivity contribution in [2.45, 2.75) is 12.5 Å². The first-order valence-electron chi connectivity index (χ1n) is 6.92. The van der Waals surface area contributed by atoms with E-state index in [0.717, 1.165) is 18.7 Å². The predicted molar refractivity (Wildman–Crippen MR) is 91.2 cm³/mol. The van der Waals surface area contributed by atoms with Gasteiger partial charge >= 0.3 is 0 Å². The smallest absolute Gasteiger partial charge is 0.283 e. The Morgan fingerprint density at radius 2 is 2.14 bits per heavy atom. The lowest BCUT2D eigenvalue weighted by molar-refractivity contribution is -0.130. The fourth-order valence-corrected chi connectivity index (χ4v) is 2.40. The number of hydrogen-bond donors (Lipinski definition) is 3. The summed E-state index contributed by atoms with van der Waals surface area (Å²) in [5.74, 6) is 1.94. The molecule has 3 N–H and O–H groups in total. The molecular weight excluding hydrogens is 322 g/mol. The Hall–Kier alpha value is -1.67. The first-order chi connectivity index (χ1) is 10.7. The molecule has 0 radical (unpaired) electrons. The molecule has 0 aromatic heterocycles. The van der Waals surface area contributed by atoms with Crippen LogP contribution in [0.4, 0.5) is 0 Å². The van der Waals surface area contributed by atoms with Gasteiger partial charge in [-0.2, -0.15) is 11.8 Å². The lowest BCUT2D eigenvalue weighted by Gasteiger charge is -2.25. The van der Waals surface area contributed by atoms with Gasteiger partial charge in [-0.3, -0.25) is 15.6 Å². The molecule has 0 fully saturated rings. The van der Waals surface area contributed by atoms with E-state index < -0.39 is 6.10 Å². The summed E-state index contributed by atoms with van der Waals surface area (Å²) in [6.07, 6.45) is 2.36. The van der Waals surface area contributed by atoms with Crippen molar-refractivity contribution in [1.82, 2.24) is 16.2 Å². The van der Waals surface area contributed by atoms with E-state index in [4.69, 9.17) is 21.7 Å². The summed E-state index contributed by atoms with van der Waals surface area (Å²) >= 11 is 6.85. The van der Waals surface area contributed by atoms with Crippen LogP contribution in [0.15, 0.2) is 24.3 Å². The Kier molecular flexibility index (Phi) is 6.60. The van der Waals surface area contributed by atoms with Gasteiger partial charge in [-0.25, -0.2) is 0 Å². The molecule has 8 heteroatoms. The molecule has 1 unspecified atom stereocenters. The highest BCUT2D eigenvalue weighted by molar-refractivity contribution is 7.98. The number of hydrogen-bond acceptors (Lipinski definition) is 5. The summed E-state index contributed by atoms with van der Waals surface area (Å²) in [5, 5.41) is 3.39. The van der Waals surface area contributed by atoms with Gasteiger partial charge in [0.15, 0.2) is 16.6 Å². The Morgan fingerprint density at radius 3 is 2.91 bits per heavy atom. The van der Waals surface area contributed by atoms with Crippen molar-refractivity contribution >= 4 is 35.0 Å². The molecule has 1 aliphatic rings. The lowest BCUT2D eigenvalue weighted by atomic mass is 10.2. The Bertz CT molecular complexity index is 528. The van der Waals surface area contributed by atoms with Crippen LogP contribution < -0.4 is 25.6 Å². The van der Waals surface area contributed by atoms with Crippen molar-refractivity contribution in [2.24, 2.45) is 0 Å². The molecule has 2 rings (SSSR count). The molecule has 22 heavy (non-hydrogen) atoms. The van der Waals surface area contributed by atoms with E-state index in [9.17, 15) is 4.79 Å². The minimum absolute atomic E-state index is 0.165. The average molecular weight is 341 g/mol. The second-order valence-electron chi connectivity index (χ2n) is 4.58. The topological polar surface area (TPSA) is 71.6 Å². The third-order valence-electron chi connectivity index (χ3n) is 2.91. The molecule has 1 amide bonds. The molecule has 120 valence electrons. The van der Waals surface area contributed by atoms with E-state index >= 15 is 0 Å². The maximum Gasteiger partial charge on any atom is 0.283 e. The van der Waals surface area contributed by atoms with E-state index in [1.807, 2.05) is 12.1 Å². The largest absolute Gasteiger partial charge is 0.485 e. The number of ether oxygens (including phenoxy) is 2. The van der Waals surface area contributed by atoms with Gasteiger partial charge in [0, 0.05) is 6.54 Å². The van der Waals surface area contributed by atoms with Gasteiger partial charge in [0.05, 0.1) is 0 Å². The van der Waals surface area contributed by atoms with Crippen molar-refractivity contribution in [1.29, 1.82) is 0 Å². The molecule has 0 bridgehead atoms. The molecule has 0 spiro atoms. The maximum atomic E-state index is 12.0. The van der Waals surface area contributed by atoms with Gasteiger partial charge in [0.25, 0.3) is 5.91 Å². The zero-order chi connectivity index (χ0) is 15.8. The van der Waals surface area contributed by atoms with Crippen LogP contribution in [0.3, 0.4) is 0 Å². The van der Waals surface area contributed by atoms with Crippen LogP contribution in [0.25, 0.3) is 0 Å². The molecule has 1 aromatic carbocycles. The molecule has 0 saturated heterocycles. The molecule has 1 aromatic rings. The quantitative estimate of drug-likeness (QED) is 0.420. The van der Waals surface area contributed by atoms with Crippen molar-refractivity contribution in [3.05, 3.63) is 24.3 Å². The first kappa shape index (κ1) is 16.7. The summed E-state index contributed by atoms with van der Waals surface area (Å²) < 4.78 is 11.1. The second kappa shape index (κ2) is 8.70. The van der Waals surface area contributed by atoms with Crippen LogP contribution in [-0.2, 0) is 4.79 Å². The van der Waals surface area contributed by atoms with Gasteiger partial charge in [0.1, 0.15) is 6.61 Å². The zero-order valence-corrected chi connectivity index (χ0v) is 13.9. The van der Waals surface area contributed by atoms with E-state index in [1.54, 1.807) is 23.9 Å². The van der Waals surface area contributed by atoms with Crippen LogP contribution in [0, 0.1) is 0 Å². The molecule has 1 aliphatic heterocycles. The molecule has 0 aliphatic carbocycles. The molecule has 1 atom stereocenters. The number of rotatable bonds is 5. The Labute approximate surface area is 139 Å². The van der Waals surface area contributed by atoms with Crippen LogP contribution in [-0.4, -0.2) is 42.3 Å². The fourth-order valence-electron chi connectivity index (χ4n) is 1.81. The predicted octanol–water partition coefficient (Wildman–Crippen LogP) is 1.07. The van der Waals surface area contributed by atoms with E-state index in [2.05, 4.69) is 22.4 Å². The monoisotopic (exact) mass is 341 g/mol. The molecule has 1 heterocycles. The third kappa shape index (κ3) is 4.96. The summed E-state index contributed by atoms with van der Waals surface area (Å²) in [6, 6.07) is 7.25. The van der Waals surface area contributed by atoms with Gasteiger partial charge in [-0.15, -0.1) is 0 Å². The van der Waals surface area contributed by atoms with Gasteiger partial charge in [0.2, 0.25) is 6.10 Å². The number of benzene rings is 1. The summed E-state index contributed by atoms with van der Waals surface area (Å²) in [5.41, 5.74) is 5.18. The van der Waals surface area contributed by atoms with Crippen LogP contribution in [0.5, 0.6) is 11.5 Å². The summed E-state index contributed by atoms with van der Waals surface area (Å²) in [4.78, 5) is 12.0. The van der Waals surface area contributed by atoms with Crippen molar-refractivity contribution in [3.63, 3.8) is 0 Å². The zero-order valence-electron chi connectivity index (χ0n) is 12.3. The highest BCUT2D eigenvalue weighted by atomic mass is 32.2. The van der Waals surface area contributed by atoms with Crippen LogP contribution in [0.1, 0.15) is 6.42 Å². The summed E-state index contributed by atoms with van der Waals surface area (Å²) in [6.45, 7) is 0.928. The number of fused-ring (bicyclic) bond motifs is 1. The van der Waals surface area contributed by atoms with E-state index in [1.165, 1.54) is 0 Å². The summed E-state index contributed by atoms with van der Waals surface area (Å²) in [7, 11) is 0. The SMILES string of the molecule is CSCCCNC(=S)NNC(=O)C1COc2ccccc2O1. The van der Waals surface area contributed by atoms with Crippen molar-refractivity contribution < 1.29 is 14.3 Å². The third-order valence-corrected chi connectivity index (χ3v) is 3.85. The minimum atomic E-state index is -0.707. The number of para-hydroxylation sites is 2. The number of carbonyl (C=O) groups excluding carboxylic acids is 1. The fraction of sp³-hybridized carbons (Fsp3) is 0.429. The van der Waals surface area contributed by atoms with Gasteiger partial charge in [-0.05, 0) is 42.8 Å². The molecule has 0 saturated carbocycles. The van der Waals surface area contributed by atoms with E-state index in [-0.39, 0.29) is 12.5 Å². The number of thioether (sulfide) groups is 1. The van der Waals surface area contributed by atoms with Crippen molar-refractivity contribution in [2.75, 3.05) is 25.2 Å². The standard InChI is InChI=1S/C14H19N3O3S2/c1-22-8-4-7-15-14(21)17-16-13(18)12-9-19-10-5-2-3-6-11(10)20-12/h2-3,5-6,12H,4,7-9H2,1H3,(H,16,18)(H2,15,17,21). The molecule has 6 nitrogen and oxygen atoms in total. The number of thiocarbonyl (C=S) groups is 1. The number of carbonyl (C=O) groups is 1.